The number of carbonyl (C=O) groups excluding carboxylic acids is 2. The monoisotopic (exact) mass is 294 g/mol. The molecule has 1 atom stereocenters. The normalized spacial score (nSPS) is 18.7. The van der Waals surface area contributed by atoms with Crippen LogP contribution in [0.5, 0.6) is 0 Å². The Morgan fingerprint density at radius 2 is 2.14 bits per heavy atom. The summed E-state index contributed by atoms with van der Waals surface area (Å²) in [6.45, 7) is 0.781. The van der Waals surface area contributed by atoms with Gasteiger partial charge in [-0.05, 0) is 37.6 Å². The van der Waals surface area contributed by atoms with Crippen molar-refractivity contribution in [1.29, 1.82) is 0 Å². The Labute approximate surface area is 122 Å². The van der Waals surface area contributed by atoms with Crippen LogP contribution >= 0.6 is 0 Å². The zero-order valence-electron chi connectivity index (χ0n) is 11.9. The fourth-order valence-electron chi connectivity index (χ4n) is 2.34. The first-order chi connectivity index (χ1) is 10.1. The second kappa shape index (κ2) is 7.17. The van der Waals surface area contributed by atoms with E-state index in [1.165, 1.54) is 19.2 Å². The first-order valence-electron chi connectivity index (χ1n) is 7.04. The standard InChI is InChI=1S/C15H19FN2O3/c1-21-15(20)10-6-7-11(16)13(9-10)18-14(19)12-5-3-2-4-8-17-12/h6-7,9,12,17H,2-5,8H2,1H3,(H,18,19). The molecule has 0 spiro atoms. The summed E-state index contributed by atoms with van der Waals surface area (Å²) in [6, 6.07) is 3.42. The fraction of sp³-hybridized carbons (Fsp3) is 0.467. The maximum Gasteiger partial charge on any atom is 0.337 e. The molecule has 1 saturated heterocycles. The number of amides is 1. The number of rotatable bonds is 3. The van der Waals surface area contributed by atoms with E-state index >= 15 is 0 Å². The maximum absolute atomic E-state index is 13.8. The number of benzene rings is 1. The number of hydrogen-bond acceptors (Lipinski definition) is 4. The molecular weight excluding hydrogens is 275 g/mol. The van der Waals surface area contributed by atoms with E-state index in [-0.39, 0.29) is 23.2 Å². The van der Waals surface area contributed by atoms with Crippen molar-refractivity contribution in [1.82, 2.24) is 5.32 Å². The third-order valence-corrected chi connectivity index (χ3v) is 3.52. The smallest absolute Gasteiger partial charge is 0.337 e. The van der Waals surface area contributed by atoms with Crippen molar-refractivity contribution in [3.63, 3.8) is 0 Å². The molecule has 2 N–H and O–H groups in total. The average Bonchev–Trinajstić information content (AvgIpc) is 2.77. The predicted molar refractivity (Wildman–Crippen MR) is 76.6 cm³/mol. The molecule has 0 aliphatic carbocycles. The van der Waals surface area contributed by atoms with E-state index < -0.39 is 11.8 Å². The molecular formula is C15H19FN2O3. The number of hydrogen-bond donors (Lipinski definition) is 2. The Kier molecular flexibility index (Phi) is 5.27. The van der Waals surface area contributed by atoms with Gasteiger partial charge in [-0.15, -0.1) is 0 Å². The van der Waals surface area contributed by atoms with Gasteiger partial charge in [0.1, 0.15) is 5.82 Å². The number of nitrogens with one attached hydrogen (secondary N) is 2. The summed E-state index contributed by atoms with van der Waals surface area (Å²) >= 11 is 0. The van der Waals surface area contributed by atoms with Gasteiger partial charge < -0.3 is 15.4 Å². The minimum atomic E-state index is -0.579. The Morgan fingerprint density at radius 1 is 1.33 bits per heavy atom. The van der Waals surface area contributed by atoms with Gasteiger partial charge in [-0.2, -0.15) is 0 Å². The van der Waals surface area contributed by atoms with Gasteiger partial charge >= 0.3 is 5.97 Å². The van der Waals surface area contributed by atoms with Crippen LogP contribution in [-0.4, -0.2) is 31.6 Å². The summed E-state index contributed by atoms with van der Waals surface area (Å²) in [5.41, 5.74) is 0.192. The number of methoxy groups -OCH3 is 1. The van der Waals surface area contributed by atoms with Crippen LogP contribution in [0.3, 0.4) is 0 Å². The molecule has 1 aromatic carbocycles. The van der Waals surface area contributed by atoms with Gasteiger partial charge in [0.05, 0.1) is 24.4 Å². The molecule has 2 rings (SSSR count). The molecule has 0 aromatic heterocycles. The Hall–Kier alpha value is -1.95. The fourth-order valence-corrected chi connectivity index (χ4v) is 2.34. The third-order valence-electron chi connectivity index (χ3n) is 3.52. The summed E-state index contributed by atoms with van der Waals surface area (Å²) in [4.78, 5) is 23.6. The minimum Gasteiger partial charge on any atom is -0.465 e. The molecule has 0 bridgehead atoms. The molecule has 1 aromatic rings. The van der Waals surface area contributed by atoms with E-state index in [1.54, 1.807) is 0 Å². The highest BCUT2D eigenvalue weighted by atomic mass is 19.1. The van der Waals surface area contributed by atoms with E-state index in [0.717, 1.165) is 38.3 Å². The molecule has 1 aliphatic rings. The molecule has 21 heavy (non-hydrogen) atoms. The van der Waals surface area contributed by atoms with E-state index in [0.29, 0.717) is 0 Å². The summed E-state index contributed by atoms with van der Waals surface area (Å²) in [6.07, 6.45) is 3.82. The van der Waals surface area contributed by atoms with Crippen LogP contribution in [0.15, 0.2) is 18.2 Å². The van der Waals surface area contributed by atoms with E-state index in [1.807, 2.05) is 0 Å². The first-order valence-corrected chi connectivity index (χ1v) is 7.04. The van der Waals surface area contributed by atoms with Crippen LogP contribution in [0.1, 0.15) is 36.0 Å². The molecule has 1 aliphatic heterocycles. The highest BCUT2D eigenvalue weighted by Gasteiger charge is 2.21. The van der Waals surface area contributed by atoms with Crippen LogP contribution in [0.25, 0.3) is 0 Å². The molecule has 1 amide bonds. The number of ether oxygens (including phenoxy) is 1. The highest BCUT2D eigenvalue weighted by Crippen LogP contribution is 2.18. The first kappa shape index (κ1) is 15.4. The number of halogens is 1. The van der Waals surface area contributed by atoms with E-state index in [9.17, 15) is 14.0 Å². The number of carbonyl (C=O) groups is 2. The van der Waals surface area contributed by atoms with Gasteiger partial charge in [0.25, 0.3) is 0 Å². The van der Waals surface area contributed by atoms with Crippen LogP contribution < -0.4 is 10.6 Å². The highest BCUT2D eigenvalue weighted by molar-refractivity contribution is 5.97. The Morgan fingerprint density at radius 3 is 2.90 bits per heavy atom. The second-order valence-electron chi connectivity index (χ2n) is 5.03. The van der Waals surface area contributed by atoms with Gasteiger partial charge in [-0.1, -0.05) is 12.8 Å². The second-order valence-corrected chi connectivity index (χ2v) is 5.03. The van der Waals surface area contributed by atoms with Crippen LogP contribution in [-0.2, 0) is 9.53 Å². The van der Waals surface area contributed by atoms with Gasteiger partial charge in [0.2, 0.25) is 5.91 Å². The van der Waals surface area contributed by atoms with Crippen molar-refractivity contribution in [3.8, 4) is 0 Å². The van der Waals surface area contributed by atoms with Crippen LogP contribution in [0.2, 0.25) is 0 Å². The molecule has 1 unspecified atom stereocenters. The van der Waals surface area contributed by atoms with Gasteiger partial charge in [-0.3, -0.25) is 4.79 Å². The topological polar surface area (TPSA) is 67.4 Å². The van der Waals surface area contributed by atoms with Gasteiger partial charge in [0, 0.05) is 0 Å². The summed E-state index contributed by atoms with van der Waals surface area (Å²) in [5, 5.41) is 5.69. The summed E-state index contributed by atoms with van der Waals surface area (Å²) in [5.74, 6) is -1.43. The molecule has 114 valence electrons. The lowest BCUT2D eigenvalue weighted by Crippen LogP contribution is -2.40. The minimum absolute atomic E-state index is 0.00560. The summed E-state index contributed by atoms with van der Waals surface area (Å²) in [7, 11) is 1.25. The van der Waals surface area contributed by atoms with Crippen LogP contribution in [0, 0.1) is 5.82 Å². The lowest BCUT2D eigenvalue weighted by atomic mass is 10.1. The van der Waals surface area contributed by atoms with Crippen LogP contribution in [0.4, 0.5) is 10.1 Å². The molecule has 0 radical (unpaired) electrons. The van der Waals surface area contributed by atoms with Crippen molar-refractivity contribution in [3.05, 3.63) is 29.6 Å². The average molecular weight is 294 g/mol. The zero-order valence-corrected chi connectivity index (χ0v) is 11.9. The zero-order chi connectivity index (χ0) is 15.2. The molecule has 6 heteroatoms. The van der Waals surface area contributed by atoms with Crippen molar-refractivity contribution >= 4 is 17.6 Å². The maximum atomic E-state index is 13.8. The Bertz CT molecular complexity index is 526. The molecule has 5 nitrogen and oxygen atoms in total. The van der Waals surface area contributed by atoms with Gasteiger partial charge in [0.15, 0.2) is 0 Å². The number of anilines is 1. The van der Waals surface area contributed by atoms with Crippen molar-refractivity contribution in [2.24, 2.45) is 0 Å². The lowest BCUT2D eigenvalue weighted by Gasteiger charge is -2.16. The quantitative estimate of drug-likeness (QED) is 0.838. The SMILES string of the molecule is COC(=O)c1ccc(F)c(NC(=O)C2CCCCCN2)c1. The molecule has 1 heterocycles. The van der Waals surface area contributed by atoms with E-state index in [4.69, 9.17) is 0 Å². The Balaban J connectivity index is 2.10. The largest absolute Gasteiger partial charge is 0.465 e. The molecule has 1 fully saturated rings. The van der Waals surface area contributed by atoms with Crippen molar-refractivity contribution < 1.29 is 18.7 Å². The predicted octanol–water partition coefficient (Wildman–Crippen LogP) is 2.08. The van der Waals surface area contributed by atoms with Gasteiger partial charge in [-0.25, -0.2) is 9.18 Å². The van der Waals surface area contributed by atoms with Crippen molar-refractivity contribution in [2.75, 3.05) is 19.0 Å². The third kappa shape index (κ3) is 4.01. The number of esters is 1. The van der Waals surface area contributed by atoms with Crippen molar-refractivity contribution in [2.45, 2.75) is 31.7 Å². The van der Waals surface area contributed by atoms with E-state index in [2.05, 4.69) is 15.4 Å². The summed E-state index contributed by atoms with van der Waals surface area (Å²) < 4.78 is 18.3. The molecule has 0 saturated carbocycles. The lowest BCUT2D eigenvalue weighted by molar-refractivity contribution is -0.118.